The van der Waals surface area contributed by atoms with Crippen LogP contribution in [0.2, 0.25) is 0 Å². The van der Waals surface area contributed by atoms with E-state index in [0.717, 1.165) is 30.6 Å². The summed E-state index contributed by atoms with van der Waals surface area (Å²) in [6.07, 6.45) is 7.66. The molecule has 1 aliphatic carbocycles. The molecule has 0 radical (unpaired) electrons. The Kier molecular flexibility index (Phi) is 4.20. The molecule has 0 aliphatic heterocycles. The summed E-state index contributed by atoms with van der Waals surface area (Å²) in [6, 6.07) is 9.81. The van der Waals surface area contributed by atoms with Crippen molar-refractivity contribution >= 4 is 12.0 Å². The van der Waals surface area contributed by atoms with Crippen LogP contribution in [-0.4, -0.2) is 32.3 Å². The Labute approximate surface area is 151 Å². The van der Waals surface area contributed by atoms with Crippen LogP contribution < -0.4 is 10.6 Å². The van der Waals surface area contributed by atoms with E-state index in [9.17, 15) is 4.79 Å². The number of urea groups is 1. The molecule has 0 unspecified atom stereocenters. The first-order valence-corrected chi connectivity index (χ1v) is 8.76. The Bertz CT molecular complexity index is 877. The molecule has 7 nitrogen and oxygen atoms in total. The van der Waals surface area contributed by atoms with E-state index >= 15 is 0 Å². The zero-order chi connectivity index (χ0) is 18.0. The molecule has 134 valence electrons. The van der Waals surface area contributed by atoms with E-state index in [1.165, 1.54) is 5.56 Å². The van der Waals surface area contributed by atoms with Gasteiger partial charge in [0.25, 0.3) is 0 Å². The van der Waals surface area contributed by atoms with Crippen molar-refractivity contribution < 1.29 is 4.79 Å². The lowest BCUT2D eigenvalue weighted by molar-refractivity contribution is 0.247. The number of imidazole rings is 1. The maximum atomic E-state index is 12.2. The molecule has 4 rings (SSSR count). The van der Waals surface area contributed by atoms with E-state index in [0.29, 0.717) is 12.5 Å². The summed E-state index contributed by atoms with van der Waals surface area (Å²) in [5.41, 5.74) is 3.24. The average Bonchev–Trinajstić information content (AvgIpc) is 2.99. The Morgan fingerprint density at radius 3 is 2.81 bits per heavy atom. The van der Waals surface area contributed by atoms with Gasteiger partial charge in [0.2, 0.25) is 5.95 Å². The number of aromatic nitrogens is 4. The number of aryl methyl sites for hydroxylation is 1. The molecule has 2 heterocycles. The summed E-state index contributed by atoms with van der Waals surface area (Å²) in [5, 5.41) is 9.96. The van der Waals surface area contributed by atoms with Crippen LogP contribution in [0.15, 0.2) is 48.9 Å². The number of benzene rings is 1. The molecule has 1 aliphatic rings. The van der Waals surface area contributed by atoms with Crippen LogP contribution in [0.25, 0.3) is 11.3 Å². The average molecular weight is 350 g/mol. The second-order valence-electron chi connectivity index (χ2n) is 7.02. The molecule has 7 heteroatoms. The van der Waals surface area contributed by atoms with E-state index < -0.39 is 0 Å². The number of aromatic amines is 1. The van der Waals surface area contributed by atoms with Crippen LogP contribution in [0.3, 0.4) is 0 Å². The van der Waals surface area contributed by atoms with Gasteiger partial charge in [-0.2, -0.15) is 5.10 Å². The molecule has 0 spiro atoms. The molecule has 3 N–H and O–H groups in total. The standard InChI is InChI=1S/C19H22N6O/c1-14-3-5-15(6-4-14)16-11-20-17(23-16)24-18(26)21-12-19(7-8-19)13-25-10-2-9-22-25/h2-6,9-11H,7-8,12-13H2,1H3,(H3,20,21,23,24,26). The van der Waals surface area contributed by atoms with E-state index in [4.69, 9.17) is 0 Å². The van der Waals surface area contributed by atoms with Crippen molar-refractivity contribution in [2.24, 2.45) is 5.41 Å². The number of hydrogen-bond donors (Lipinski definition) is 3. The predicted molar refractivity (Wildman–Crippen MR) is 99.7 cm³/mol. The number of H-pyrrole nitrogens is 1. The minimum atomic E-state index is -0.249. The minimum Gasteiger partial charge on any atom is -0.337 e. The van der Waals surface area contributed by atoms with Gasteiger partial charge in [0.1, 0.15) is 0 Å². The van der Waals surface area contributed by atoms with Crippen LogP contribution in [0, 0.1) is 12.3 Å². The molecule has 0 bridgehead atoms. The number of anilines is 1. The number of rotatable bonds is 6. The molecule has 1 aromatic carbocycles. The Morgan fingerprint density at radius 2 is 2.12 bits per heavy atom. The zero-order valence-corrected chi connectivity index (χ0v) is 14.7. The summed E-state index contributed by atoms with van der Waals surface area (Å²) in [4.78, 5) is 19.5. The number of nitrogens with zero attached hydrogens (tertiary/aromatic N) is 3. The Morgan fingerprint density at radius 1 is 1.31 bits per heavy atom. The lowest BCUT2D eigenvalue weighted by Gasteiger charge is -2.16. The number of amides is 2. The van der Waals surface area contributed by atoms with Gasteiger partial charge >= 0.3 is 6.03 Å². The van der Waals surface area contributed by atoms with Gasteiger partial charge in [0, 0.05) is 30.9 Å². The summed E-state index contributed by atoms with van der Waals surface area (Å²) >= 11 is 0. The SMILES string of the molecule is Cc1ccc(-c2cnc(NC(=O)NCC3(Cn4cccn4)CC3)[nH]2)cc1. The van der Waals surface area contributed by atoms with Gasteiger partial charge in [-0.05, 0) is 31.4 Å². The second kappa shape index (κ2) is 6.67. The fourth-order valence-electron chi connectivity index (χ4n) is 2.99. The van der Waals surface area contributed by atoms with Crippen LogP contribution in [-0.2, 0) is 6.54 Å². The molecule has 3 aromatic rings. The zero-order valence-electron chi connectivity index (χ0n) is 14.7. The van der Waals surface area contributed by atoms with Crippen LogP contribution in [0.5, 0.6) is 0 Å². The van der Waals surface area contributed by atoms with Crippen molar-refractivity contribution in [3.05, 3.63) is 54.5 Å². The second-order valence-corrected chi connectivity index (χ2v) is 7.02. The summed E-state index contributed by atoms with van der Waals surface area (Å²) in [6.45, 7) is 3.51. The number of carbonyl (C=O) groups excluding carboxylic acids is 1. The first-order valence-electron chi connectivity index (χ1n) is 8.76. The topological polar surface area (TPSA) is 87.6 Å². The van der Waals surface area contributed by atoms with Crippen LogP contribution >= 0.6 is 0 Å². The van der Waals surface area contributed by atoms with Crippen molar-refractivity contribution in [1.82, 2.24) is 25.1 Å². The number of hydrogen-bond acceptors (Lipinski definition) is 3. The number of nitrogens with one attached hydrogen (secondary N) is 3. The highest BCUT2D eigenvalue weighted by Gasteiger charge is 2.43. The van der Waals surface area contributed by atoms with Crippen molar-refractivity contribution in [2.75, 3.05) is 11.9 Å². The highest BCUT2D eigenvalue weighted by atomic mass is 16.2. The summed E-state index contributed by atoms with van der Waals surface area (Å²) < 4.78 is 1.92. The summed E-state index contributed by atoms with van der Waals surface area (Å²) in [5.74, 6) is 0.440. The fraction of sp³-hybridized carbons (Fsp3) is 0.316. The third-order valence-electron chi connectivity index (χ3n) is 4.81. The van der Waals surface area contributed by atoms with Gasteiger partial charge in [-0.25, -0.2) is 9.78 Å². The monoisotopic (exact) mass is 350 g/mol. The lowest BCUT2D eigenvalue weighted by Crippen LogP contribution is -2.35. The molecular weight excluding hydrogens is 328 g/mol. The molecule has 26 heavy (non-hydrogen) atoms. The Balaban J connectivity index is 1.30. The quantitative estimate of drug-likeness (QED) is 0.638. The maximum Gasteiger partial charge on any atom is 0.321 e. The lowest BCUT2D eigenvalue weighted by atomic mass is 10.1. The van der Waals surface area contributed by atoms with E-state index in [-0.39, 0.29) is 11.4 Å². The maximum absolute atomic E-state index is 12.2. The van der Waals surface area contributed by atoms with Gasteiger partial charge < -0.3 is 10.3 Å². The van der Waals surface area contributed by atoms with Gasteiger partial charge in [0.05, 0.1) is 11.9 Å². The molecule has 1 fully saturated rings. The molecule has 2 amide bonds. The Hall–Kier alpha value is -3.09. The van der Waals surface area contributed by atoms with Crippen molar-refractivity contribution in [3.63, 3.8) is 0 Å². The number of carbonyl (C=O) groups is 1. The van der Waals surface area contributed by atoms with Gasteiger partial charge in [0.15, 0.2) is 0 Å². The first-order chi connectivity index (χ1) is 12.6. The molecule has 1 saturated carbocycles. The molecular formula is C19H22N6O. The smallest absolute Gasteiger partial charge is 0.321 e. The molecule has 0 saturated heterocycles. The molecule has 0 atom stereocenters. The summed E-state index contributed by atoms with van der Waals surface area (Å²) in [7, 11) is 0. The van der Waals surface area contributed by atoms with E-state index in [2.05, 4.69) is 25.7 Å². The predicted octanol–water partition coefficient (Wildman–Crippen LogP) is 3.18. The third-order valence-corrected chi connectivity index (χ3v) is 4.81. The highest BCUT2D eigenvalue weighted by molar-refractivity contribution is 5.87. The first kappa shape index (κ1) is 16.4. The van der Waals surface area contributed by atoms with E-state index in [1.807, 2.05) is 48.1 Å². The van der Waals surface area contributed by atoms with Gasteiger partial charge in [-0.1, -0.05) is 29.8 Å². The highest BCUT2D eigenvalue weighted by Crippen LogP contribution is 2.46. The van der Waals surface area contributed by atoms with Gasteiger partial charge in [-0.15, -0.1) is 0 Å². The third kappa shape index (κ3) is 3.77. The van der Waals surface area contributed by atoms with Crippen LogP contribution in [0.4, 0.5) is 10.7 Å². The van der Waals surface area contributed by atoms with Crippen molar-refractivity contribution in [3.8, 4) is 11.3 Å². The van der Waals surface area contributed by atoms with Gasteiger partial charge in [-0.3, -0.25) is 10.00 Å². The van der Waals surface area contributed by atoms with Crippen molar-refractivity contribution in [2.45, 2.75) is 26.3 Å². The largest absolute Gasteiger partial charge is 0.337 e. The van der Waals surface area contributed by atoms with Crippen LogP contribution in [0.1, 0.15) is 18.4 Å². The normalized spacial score (nSPS) is 14.8. The van der Waals surface area contributed by atoms with Crippen molar-refractivity contribution in [1.29, 1.82) is 0 Å². The van der Waals surface area contributed by atoms with E-state index in [1.54, 1.807) is 12.4 Å². The molecule has 2 aromatic heterocycles. The minimum absolute atomic E-state index is 0.125. The fourth-order valence-corrected chi connectivity index (χ4v) is 2.99.